The summed E-state index contributed by atoms with van der Waals surface area (Å²) in [7, 11) is -1.40. The van der Waals surface area contributed by atoms with Crippen LogP contribution >= 0.6 is 24.0 Å². The molecule has 0 bridgehead atoms. The van der Waals surface area contributed by atoms with Crippen molar-refractivity contribution in [2.45, 2.75) is 50.5 Å². The second kappa shape index (κ2) is 10.5. The molecule has 0 aliphatic heterocycles. The van der Waals surface area contributed by atoms with Gasteiger partial charge >= 0.3 is 0 Å². The van der Waals surface area contributed by atoms with Gasteiger partial charge in [0.1, 0.15) is 12.4 Å². The van der Waals surface area contributed by atoms with Crippen LogP contribution in [-0.4, -0.2) is 46.9 Å². The van der Waals surface area contributed by atoms with E-state index < -0.39 is 9.84 Å². The highest BCUT2D eigenvalue weighted by molar-refractivity contribution is 14.0. The molecule has 0 saturated heterocycles. The van der Waals surface area contributed by atoms with E-state index in [2.05, 4.69) is 29.5 Å². The molecule has 1 aliphatic rings. The van der Waals surface area contributed by atoms with E-state index in [1.165, 1.54) is 19.1 Å². The fraction of sp³-hybridized carbons (Fsp3) is 0.632. The quantitative estimate of drug-likeness (QED) is 0.267. The first-order valence-electron chi connectivity index (χ1n) is 9.10. The zero-order chi connectivity index (χ0) is 19.2. The normalized spacial score (nSPS) is 17.7. The monoisotopic (exact) mass is 509 g/mol. The van der Waals surface area contributed by atoms with Crippen molar-refractivity contribution in [3.05, 3.63) is 24.3 Å². The molecule has 0 heterocycles. The highest BCUT2D eigenvalue weighted by Gasteiger charge is 2.27. The number of guanidine groups is 1. The van der Waals surface area contributed by atoms with Crippen LogP contribution in [0.3, 0.4) is 0 Å². The van der Waals surface area contributed by atoms with Gasteiger partial charge in [0.2, 0.25) is 0 Å². The van der Waals surface area contributed by atoms with E-state index in [9.17, 15) is 8.42 Å². The van der Waals surface area contributed by atoms with E-state index in [0.717, 1.165) is 18.8 Å². The summed E-state index contributed by atoms with van der Waals surface area (Å²) in [4.78, 5) is 4.57. The van der Waals surface area contributed by atoms with Crippen LogP contribution < -0.4 is 15.4 Å². The van der Waals surface area contributed by atoms with E-state index in [1.807, 2.05) is 0 Å². The molecule has 1 saturated carbocycles. The number of nitrogens with zero attached hydrogens (tertiary/aromatic N) is 1. The summed E-state index contributed by atoms with van der Waals surface area (Å²) in [5.74, 6) is 1.45. The molecule has 0 radical (unpaired) electrons. The van der Waals surface area contributed by atoms with E-state index >= 15 is 0 Å². The number of aliphatic imine (C=N–C) groups is 1. The molecule has 1 aliphatic carbocycles. The van der Waals surface area contributed by atoms with Crippen LogP contribution in [0.1, 0.15) is 39.5 Å². The average Bonchev–Trinajstić information content (AvgIpc) is 2.58. The zero-order valence-electron chi connectivity index (χ0n) is 16.6. The number of sulfone groups is 1. The lowest BCUT2D eigenvalue weighted by Crippen LogP contribution is -2.46. The van der Waals surface area contributed by atoms with Gasteiger partial charge in [-0.15, -0.1) is 24.0 Å². The van der Waals surface area contributed by atoms with Gasteiger partial charge in [0.25, 0.3) is 0 Å². The Labute approximate surface area is 180 Å². The van der Waals surface area contributed by atoms with Gasteiger partial charge in [-0.1, -0.05) is 13.8 Å². The van der Waals surface area contributed by atoms with Crippen molar-refractivity contribution in [1.29, 1.82) is 0 Å². The van der Waals surface area contributed by atoms with Gasteiger partial charge in [0.05, 0.1) is 11.4 Å². The third-order valence-corrected chi connectivity index (χ3v) is 5.95. The number of hydrogen-bond acceptors (Lipinski definition) is 4. The van der Waals surface area contributed by atoms with Crippen LogP contribution in [0.25, 0.3) is 0 Å². The lowest BCUT2D eigenvalue weighted by Gasteiger charge is -2.35. The minimum atomic E-state index is -3.17. The molecule has 2 rings (SSSR count). The minimum Gasteiger partial charge on any atom is -0.492 e. The number of halogens is 1. The minimum absolute atomic E-state index is 0. The van der Waals surface area contributed by atoms with E-state index in [1.54, 1.807) is 31.3 Å². The van der Waals surface area contributed by atoms with Crippen LogP contribution in [0.2, 0.25) is 0 Å². The van der Waals surface area contributed by atoms with Crippen molar-refractivity contribution in [3.8, 4) is 5.75 Å². The van der Waals surface area contributed by atoms with Crippen LogP contribution in [-0.2, 0) is 9.84 Å². The van der Waals surface area contributed by atoms with Gasteiger partial charge in [-0.05, 0) is 55.4 Å². The third kappa shape index (κ3) is 8.25. The predicted molar refractivity (Wildman–Crippen MR) is 121 cm³/mol. The van der Waals surface area contributed by atoms with E-state index in [-0.39, 0.29) is 24.0 Å². The van der Waals surface area contributed by atoms with Gasteiger partial charge in [0.15, 0.2) is 15.8 Å². The summed E-state index contributed by atoms with van der Waals surface area (Å²) in [6.07, 6.45) is 5.98. The summed E-state index contributed by atoms with van der Waals surface area (Å²) < 4.78 is 28.5. The molecule has 0 unspecified atom stereocenters. The lowest BCUT2D eigenvalue weighted by atomic mass is 9.75. The van der Waals surface area contributed by atoms with Gasteiger partial charge in [-0.2, -0.15) is 0 Å². The van der Waals surface area contributed by atoms with Crippen molar-refractivity contribution >= 4 is 39.8 Å². The highest BCUT2D eigenvalue weighted by atomic mass is 127. The Morgan fingerprint density at radius 2 is 1.81 bits per heavy atom. The second-order valence-electron chi connectivity index (χ2n) is 7.67. The SMILES string of the molecule is CN=C(NCCOc1ccc(S(C)(=O)=O)cc1)NC1CCC(C)(C)CC1.I. The van der Waals surface area contributed by atoms with Crippen LogP contribution in [0, 0.1) is 5.41 Å². The van der Waals surface area contributed by atoms with Gasteiger partial charge in [-0.3, -0.25) is 4.99 Å². The third-order valence-electron chi connectivity index (χ3n) is 4.82. The summed E-state index contributed by atoms with van der Waals surface area (Å²) in [5.41, 5.74) is 0.454. The molecule has 27 heavy (non-hydrogen) atoms. The Hall–Kier alpha value is -1.03. The molecule has 1 aromatic carbocycles. The molecular weight excluding hydrogens is 477 g/mol. The molecule has 0 amide bonds. The molecule has 2 N–H and O–H groups in total. The fourth-order valence-electron chi connectivity index (χ4n) is 3.05. The Kier molecular flexibility index (Phi) is 9.33. The number of hydrogen-bond donors (Lipinski definition) is 2. The van der Waals surface area contributed by atoms with Crippen molar-refractivity contribution in [3.63, 3.8) is 0 Å². The number of ether oxygens (including phenoxy) is 1. The van der Waals surface area contributed by atoms with Crippen molar-refractivity contribution in [1.82, 2.24) is 10.6 Å². The molecule has 0 spiro atoms. The van der Waals surface area contributed by atoms with Crippen molar-refractivity contribution < 1.29 is 13.2 Å². The first-order valence-corrected chi connectivity index (χ1v) is 11.0. The number of nitrogens with one attached hydrogen (secondary N) is 2. The summed E-state index contributed by atoms with van der Waals surface area (Å²) in [5, 5.41) is 6.74. The molecule has 1 fully saturated rings. The molecule has 0 aromatic heterocycles. The second-order valence-corrected chi connectivity index (χ2v) is 9.69. The molecule has 0 atom stereocenters. The molecule has 1 aromatic rings. The molecular formula is C19H32IN3O3S. The number of benzene rings is 1. The maximum Gasteiger partial charge on any atom is 0.191 e. The Balaban J connectivity index is 0.00000364. The highest BCUT2D eigenvalue weighted by Crippen LogP contribution is 2.34. The fourth-order valence-corrected chi connectivity index (χ4v) is 3.68. The summed E-state index contributed by atoms with van der Waals surface area (Å²) >= 11 is 0. The van der Waals surface area contributed by atoms with Gasteiger partial charge < -0.3 is 15.4 Å². The van der Waals surface area contributed by atoms with Gasteiger partial charge in [0, 0.05) is 19.3 Å². The maximum atomic E-state index is 11.4. The van der Waals surface area contributed by atoms with Crippen LogP contribution in [0.5, 0.6) is 5.75 Å². The van der Waals surface area contributed by atoms with Crippen molar-refractivity contribution in [2.75, 3.05) is 26.5 Å². The van der Waals surface area contributed by atoms with E-state index in [0.29, 0.717) is 35.3 Å². The zero-order valence-corrected chi connectivity index (χ0v) is 19.8. The topological polar surface area (TPSA) is 79.8 Å². The summed E-state index contributed by atoms with van der Waals surface area (Å²) in [6, 6.07) is 6.94. The van der Waals surface area contributed by atoms with Gasteiger partial charge in [-0.25, -0.2) is 8.42 Å². The van der Waals surface area contributed by atoms with Crippen molar-refractivity contribution in [2.24, 2.45) is 10.4 Å². The molecule has 154 valence electrons. The Morgan fingerprint density at radius 1 is 1.22 bits per heavy atom. The summed E-state index contributed by atoms with van der Waals surface area (Å²) in [6.45, 7) is 5.74. The predicted octanol–water partition coefficient (Wildman–Crippen LogP) is 3.22. The first kappa shape index (κ1) is 24.0. The van der Waals surface area contributed by atoms with E-state index in [4.69, 9.17) is 4.74 Å². The lowest BCUT2D eigenvalue weighted by molar-refractivity contribution is 0.216. The Morgan fingerprint density at radius 3 is 2.33 bits per heavy atom. The smallest absolute Gasteiger partial charge is 0.191 e. The average molecular weight is 509 g/mol. The van der Waals surface area contributed by atoms with Crippen LogP contribution in [0.15, 0.2) is 34.2 Å². The largest absolute Gasteiger partial charge is 0.492 e. The molecule has 8 heteroatoms. The number of rotatable bonds is 6. The molecule has 6 nitrogen and oxygen atoms in total. The van der Waals surface area contributed by atoms with Crippen LogP contribution in [0.4, 0.5) is 0 Å². The maximum absolute atomic E-state index is 11.4. The first-order chi connectivity index (χ1) is 12.2. The standard InChI is InChI=1S/C19H31N3O3S.HI/c1-19(2)11-9-15(10-12-19)22-18(20-3)21-13-14-25-16-5-7-17(8-6-16)26(4,23)24;/h5-8,15H,9-14H2,1-4H3,(H2,20,21,22);1H. The Bertz CT molecular complexity index is 708.